The molecule has 2 rings (SSSR count). The zero-order valence-corrected chi connectivity index (χ0v) is 12.3. The second-order valence-electron chi connectivity index (χ2n) is 4.24. The minimum Gasteiger partial charge on any atom is -0.383 e. The van der Waals surface area contributed by atoms with Gasteiger partial charge < -0.3 is 10.1 Å². The molecule has 0 atom stereocenters. The lowest BCUT2D eigenvalue weighted by Gasteiger charge is -2.11. The number of hydrogen-bond acceptors (Lipinski definition) is 6. The van der Waals surface area contributed by atoms with Crippen molar-refractivity contribution in [2.45, 2.75) is 20.4 Å². The van der Waals surface area contributed by atoms with Gasteiger partial charge in [-0.3, -0.25) is 0 Å². The first-order valence-corrected chi connectivity index (χ1v) is 7.09. The zero-order valence-electron chi connectivity index (χ0n) is 11.4. The normalized spacial score (nSPS) is 10.9. The third-order valence-electron chi connectivity index (χ3n) is 2.87. The van der Waals surface area contributed by atoms with Crippen molar-refractivity contribution in [1.82, 2.24) is 20.3 Å². The van der Waals surface area contributed by atoms with Crippen LogP contribution in [0.3, 0.4) is 0 Å². The molecule has 0 aromatic carbocycles. The van der Waals surface area contributed by atoms with Gasteiger partial charge in [0.15, 0.2) is 5.82 Å². The summed E-state index contributed by atoms with van der Waals surface area (Å²) in [7, 11) is 1.70. The molecule has 2 aromatic rings. The Morgan fingerprint density at radius 2 is 2.00 bits per heavy atom. The quantitative estimate of drug-likeness (QED) is 0.818. The fourth-order valence-corrected chi connectivity index (χ4v) is 2.35. The lowest BCUT2D eigenvalue weighted by atomic mass is 10.1. The van der Waals surface area contributed by atoms with E-state index in [2.05, 4.69) is 20.3 Å². The highest BCUT2D eigenvalue weighted by Gasteiger charge is 2.10. The molecular weight excluding hydrogens is 260 g/mol. The number of nitrogens with zero attached hydrogens (tertiary/aromatic N) is 3. The number of aromatic nitrogens is 3. The minimum atomic E-state index is 0.704. The van der Waals surface area contributed by atoms with Crippen LogP contribution in [-0.2, 0) is 11.3 Å². The number of aryl methyl sites for hydroxylation is 2. The lowest BCUT2D eigenvalue weighted by molar-refractivity contribution is 0.199. The Hall–Kier alpha value is -1.37. The topological polar surface area (TPSA) is 59.9 Å². The van der Waals surface area contributed by atoms with E-state index in [9.17, 15) is 0 Å². The Labute approximate surface area is 117 Å². The van der Waals surface area contributed by atoms with Crippen LogP contribution in [0.25, 0.3) is 11.5 Å². The Kier molecular flexibility index (Phi) is 4.95. The highest BCUT2D eigenvalue weighted by atomic mass is 32.1. The molecule has 0 aliphatic rings. The lowest BCUT2D eigenvalue weighted by Crippen LogP contribution is -2.20. The summed E-state index contributed by atoms with van der Waals surface area (Å²) in [6.45, 7) is 6.31. The minimum absolute atomic E-state index is 0.704. The largest absolute Gasteiger partial charge is 0.383 e. The van der Waals surface area contributed by atoms with Crippen LogP contribution in [0.2, 0.25) is 0 Å². The summed E-state index contributed by atoms with van der Waals surface area (Å²) < 4.78 is 5.01. The van der Waals surface area contributed by atoms with Crippen molar-refractivity contribution in [2.24, 2.45) is 0 Å². The average Bonchev–Trinajstić information content (AvgIpc) is 2.90. The molecule has 0 aliphatic carbocycles. The van der Waals surface area contributed by atoms with Crippen molar-refractivity contribution in [3.63, 3.8) is 0 Å². The predicted molar refractivity (Wildman–Crippen MR) is 76.2 cm³/mol. The van der Waals surface area contributed by atoms with Crippen LogP contribution in [0.5, 0.6) is 0 Å². The number of thiazole rings is 1. The maximum Gasteiger partial charge on any atom is 0.179 e. The van der Waals surface area contributed by atoms with E-state index in [1.54, 1.807) is 24.0 Å². The fraction of sp³-hybridized carbons (Fsp3) is 0.462. The number of hydrogen-bond donors (Lipinski definition) is 1. The van der Waals surface area contributed by atoms with Crippen molar-refractivity contribution in [1.29, 1.82) is 0 Å². The standard InChI is InChI=1S/C13H18N4OS/c1-9-11(6-14-4-5-18-3)10(2)17-13(16-9)12-7-19-8-15-12/h7-8,14H,4-6H2,1-3H3. The molecule has 0 spiro atoms. The number of methoxy groups -OCH3 is 1. The number of ether oxygens (including phenoxy) is 1. The first kappa shape index (κ1) is 14.0. The molecule has 6 heteroatoms. The van der Waals surface area contributed by atoms with Gasteiger partial charge in [0.2, 0.25) is 0 Å². The van der Waals surface area contributed by atoms with E-state index in [4.69, 9.17) is 4.74 Å². The van der Waals surface area contributed by atoms with E-state index in [1.807, 2.05) is 19.2 Å². The highest BCUT2D eigenvalue weighted by molar-refractivity contribution is 7.07. The molecular formula is C13H18N4OS. The molecule has 2 aromatic heterocycles. The van der Waals surface area contributed by atoms with Crippen LogP contribution in [0.1, 0.15) is 17.0 Å². The van der Waals surface area contributed by atoms with Gasteiger partial charge in [-0.05, 0) is 13.8 Å². The molecule has 2 heterocycles. The number of nitrogens with one attached hydrogen (secondary N) is 1. The average molecular weight is 278 g/mol. The van der Waals surface area contributed by atoms with Crippen LogP contribution in [0.15, 0.2) is 10.9 Å². The van der Waals surface area contributed by atoms with Gasteiger partial charge in [0.25, 0.3) is 0 Å². The fourth-order valence-electron chi connectivity index (χ4n) is 1.82. The van der Waals surface area contributed by atoms with Crippen molar-refractivity contribution in [3.05, 3.63) is 27.8 Å². The van der Waals surface area contributed by atoms with Gasteiger partial charge in [-0.1, -0.05) is 0 Å². The highest BCUT2D eigenvalue weighted by Crippen LogP contribution is 2.18. The van der Waals surface area contributed by atoms with E-state index in [0.29, 0.717) is 12.4 Å². The summed E-state index contributed by atoms with van der Waals surface area (Å²) in [5, 5.41) is 5.28. The molecule has 0 saturated carbocycles. The van der Waals surface area contributed by atoms with Gasteiger partial charge >= 0.3 is 0 Å². The van der Waals surface area contributed by atoms with Crippen molar-refractivity contribution < 1.29 is 4.74 Å². The summed E-state index contributed by atoms with van der Waals surface area (Å²) in [4.78, 5) is 13.3. The molecule has 102 valence electrons. The van der Waals surface area contributed by atoms with Crippen molar-refractivity contribution in [3.8, 4) is 11.5 Å². The van der Waals surface area contributed by atoms with Gasteiger partial charge in [-0.15, -0.1) is 11.3 Å². The molecule has 0 saturated heterocycles. The zero-order chi connectivity index (χ0) is 13.7. The Morgan fingerprint density at radius 3 is 2.58 bits per heavy atom. The monoisotopic (exact) mass is 278 g/mol. The molecule has 0 amide bonds. The molecule has 1 N–H and O–H groups in total. The third-order valence-corrected chi connectivity index (χ3v) is 3.45. The summed E-state index contributed by atoms with van der Waals surface area (Å²) in [5.74, 6) is 0.705. The molecule has 0 fully saturated rings. The molecule has 0 unspecified atom stereocenters. The summed E-state index contributed by atoms with van der Waals surface area (Å²) in [6, 6.07) is 0. The van der Waals surface area contributed by atoms with Gasteiger partial charge in [0.1, 0.15) is 5.69 Å². The SMILES string of the molecule is COCCNCc1c(C)nc(-c2cscn2)nc1C. The smallest absolute Gasteiger partial charge is 0.179 e. The molecule has 19 heavy (non-hydrogen) atoms. The molecule has 0 bridgehead atoms. The first-order valence-electron chi connectivity index (χ1n) is 6.14. The van der Waals surface area contributed by atoms with Gasteiger partial charge in [0.05, 0.1) is 12.1 Å². The maximum absolute atomic E-state index is 5.01. The van der Waals surface area contributed by atoms with E-state index in [1.165, 1.54) is 0 Å². The van der Waals surface area contributed by atoms with Crippen LogP contribution >= 0.6 is 11.3 Å². The first-order chi connectivity index (χ1) is 9.22. The van der Waals surface area contributed by atoms with Crippen LogP contribution in [-0.4, -0.2) is 35.2 Å². The molecule has 0 aliphatic heterocycles. The van der Waals surface area contributed by atoms with Crippen molar-refractivity contribution in [2.75, 3.05) is 20.3 Å². The van der Waals surface area contributed by atoms with Crippen molar-refractivity contribution >= 4 is 11.3 Å². The second kappa shape index (κ2) is 6.70. The Morgan fingerprint density at radius 1 is 1.26 bits per heavy atom. The van der Waals surface area contributed by atoms with E-state index >= 15 is 0 Å². The van der Waals surface area contributed by atoms with Crippen LogP contribution < -0.4 is 5.32 Å². The molecule has 0 radical (unpaired) electrons. The van der Waals surface area contributed by atoms with Gasteiger partial charge in [-0.25, -0.2) is 15.0 Å². The predicted octanol–water partition coefficient (Wildman–Crippen LogP) is 1.95. The third kappa shape index (κ3) is 3.56. The summed E-state index contributed by atoms with van der Waals surface area (Å²) in [5.41, 5.74) is 5.79. The van der Waals surface area contributed by atoms with E-state index in [-0.39, 0.29) is 0 Å². The van der Waals surface area contributed by atoms with E-state index in [0.717, 1.165) is 35.7 Å². The van der Waals surface area contributed by atoms with Gasteiger partial charge in [0, 0.05) is 42.5 Å². The Bertz CT molecular complexity index is 504. The maximum atomic E-state index is 5.01. The Balaban J connectivity index is 2.13. The summed E-state index contributed by atoms with van der Waals surface area (Å²) >= 11 is 1.55. The summed E-state index contributed by atoms with van der Waals surface area (Å²) in [6.07, 6.45) is 0. The number of rotatable bonds is 6. The van der Waals surface area contributed by atoms with E-state index < -0.39 is 0 Å². The second-order valence-corrected chi connectivity index (χ2v) is 4.96. The van der Waals surface area contributed by atoms with Crippen LogP contribution in [0.4, 0.5) is 0 Å². The molecule has 5 nitrogen and oxygen atoms in total. The van der Waals surface area contributed by atoms with Crippen LogP contribution in [0, 0.1) is 13.8 Å². The van der Waals surface area contributed by atoms with Gasteiger partial charge in [-0.2, -0.15) is 0 Å².